The molecular formula is C10H13ClN2O2. The summed E-state index contributed by atoms with van der Waals surface area (Å²) in [6.07, 6.45) is 0.271. The van der Waals surface area contributed by atoms with E-state index in [2.05, 4.69) is 5.32 Å². The van der Waals surface area contributed by atoms with E-state index in [0.717, 1.165) is 5.69 Å². The standard InChI is InChI=1S/C10H13ClN2O2/c1-15-7-2-3-8(11)9(6-7)13-5-4-10(12)14/h2-3,6,13H,4-5H2,1H3,(H2,12,14). The summed E-state index contributed by atoms with van der Waals surface area (Å²) < 4.78 is 5.05. The molecule has 0 fully saturated rings. The van der Waals surface area contributed by atoms with Crippen molar-refractivity contribution in [2.45, 2.75) is 6.42 Å². The highest BCUT2D eigenvalue weighted by molar-refractivity contribution is 6.33. The van der Waals surface area contributed by atoms with Crippen molar-refractivity contribution in [2.75, 3.05) is 19.0 Å². The third-order valence-electron chi connectivity index (χ3n) is 1.86. The average Bonchev–Trinajstić information content (AvgIpc) is 2.20. The summed E-state index contributed by atoms with van der Waals surface area (Å²) in [4.78, 5) is 10.5. The van der Waals surface area contributed by atoms with Crippen LogP contribution in [0.25, 0.3) is 0 Å². The van der Waals surface area contributed by atoms with Gasteiger partial charge >= 0.3 is 0 Å². The van der Waals surface area contributed by atoms with Crippen molar-refractivity contribution in [3.8, 4) is 5.75 Å². The number of benzene rings is 1. The van der Waals surface area contributed by atoms with Crippen molar-refractivity contribution < 1.29 is 9.53 Å². The van der Waals surface area contributed by atoms with Crippen molar-refractivity contribution in [1.29, 1.82) is 0 Å². The molecule has 0 aliphatic carbocycles. The number of hydrogen-bond donors (Lipinski definition) is 2. The zero-order valence-electron chi connectivity index (χ0n) is 8.42. The van der Waals surface area contributed by atoms with Gasteiger partial charge in [-0.1, -0.05) is 11.6 Å². The van der Waals surface area contributed by atoms with Crippen LogP contribution in [0, 0.1) is 0 Å². The molecule has 0 aliphatic heterocycles. The molecule has 0 saturated carbocycles. The fraction of sp³-hybridized carbons (Fsp3) is 0.300. The van der Waals surface area contributed by atoms with Crippen molar-refractivity contribution >= 4 is 23.2 Å². The number of carbonyl (C=O) groups is 1. The molecular weight excluding hydrogens is 216 g/mol. The minimum absolute atomic E-state index is 0.271. The van der Waals surface area contributed by atoms with Gasteiger partial charge in [-0.2, -0.15) is 0 Å². The molecule has 0 saturated heterocycles. The number of carbonyl (C=O) groups excluding carboxylic acids is 1. The molecule has 0 bridgehead atoms. The third kappa shape index (κ3) is 3.67. The SMILES string of the molecule is COc1ccc(Cl)c(NCCC(N)=O)c1. The molecule has 82 valence electrons. The summed E-state index contributed by atoms with van der Waals surface area (Å²) >= 11 is 5.93. The van der Waals surface area contributed by atoms with Crippen LogP contribution < -0.4 is 15.8 Å². The summed E-state index contributed by atoms with van der Waals surface area (Å²) in [7, 11) is 1.58. The Hall–Kier alpha value is -1.42. The maximum absolute atomic E-state index is 10.5. The van der Waals surface area contributed by atoms with Gasteiger partial charge in [-0.15, -0.1) is 0 Å². The lowest BCUT2D eigenvalue weighted by Gasteiger charge is -2.08. The Kier molecular flexibility index (Phi) is 4.24. The Morgan fingerprint density at radius 2 is 2.33 bits per heavy atom. The molecule has 0 spiro atoms. The number of nitrogens with one attached hydrogen (secondary N) is 1. The smallest absolute Gasteiger partial charge is 0.219 e. The molecule has 1 aromatic carbocycles. The maximum atomic E-state index is 10.5. The van der Waals surface area contributed by atoms with E-state index >= 15 is 0 Å². The zero-order chi connectivity index (χ0) is 11.3. The molecule has 0 unspecified atom stereocenters. The van der Waals surface area contributed by atoms with Crippen LogP contribution in [0.2, 0.25) is 5.02 Å². The molecule has 0 atom stereocenters. The number of amides is 1. The normalized spacial score (nSPS) is 9.73. The fourth-order valence-corrected chi connectivity index (χ4v) is 1.27. The van der Waals surface area contributed by atoms with Gasteiger partial charge in [0.05, 0.1) is 17.8 Å². The van der Waals surface area contributed by atoms with Gasteiger partial charge in [0.1, 0.15) is 5.75 Å². The van der Waals surface area contributed by atoms with Crippen LogP contribution in [0.15, 0.2) is 18.2 Å². The molecule has 4 nitrogen and oxygen atoms in total. The first kappa shape index (κ1) is 11.7. The van der Waals surface area contributed by atoms with Crippen molar-refractivity contribution in [1.82, 2.24) is 0 Å². The predicted octanol–water partition coefficient (Wildman–Crippen LogP) is 1.64. The van der Waals surface area contributed by atoms with Crippen LogP contribution in [0.5, 0.6) is 5.75 Å². The van der Waals surface area contributed by atoms with E-state index in [-0.39, 0.29) is 12.3 Å². The van der Waals surface area contributed by atoms with Gasteiger partial charge in [0.2, 0.25) is 5.91 Å². The van der Waals surface area contributed by atoms with Crippen molar-refractivity contribution in [2.24, 2.45) is 5.73 Å². The fourth-order valence-electron chi connectivity index (χ4n) is 1.09. The number of primary amides is 1. The largest absolute Gasteiger partial charge is 0.497 e. The highest BCUT2D eigenvalue weighted by atomic mass is 35.5. The number of anilines is 1. The molecule has 1 amide bonds. The Morgan fingerprint density at radius 3 is 2.93 bits per heavy atom. The highest BCUT2D eigenvalue weighted by Gasteiger charge is 2.02. The van der Waals surface area contributed by atoms with Crippen LogP contribution >= 0.6 is 11.6 Å². The van der Waals surface area contributed by atoms with Crippen LogP contribution in [-0.2, 0) is 4.79 Å². The van der Waals surface area contributed by atoms with E-state index in [9.17, 15) is 4.79 Å². The van der Waals surface area contributed by atoms with Gasteiger partial charge in [0, 0.05) is 19.0 Å². The monoisotopic (exact) mass is 228 g/mol. The number of rotatable bonds is 5. The topological polar surface area (TPSA) is 64.3 Å². The second kappa shape index (κ2) is 5.46. The molecule has 0 radical (unpaired) electrons. The lowest BCUT2D eigenvalue weighted by Crippen LogP contribution is -2.15. The van der Waals surface area contributed by atoms with Crippen molar-refractivity contribution in [3.05, 3.63) is 23.2 Å². The van der Waals surface area contributed by atoms with Crippen molar-refractivity contribution in [3.63, 3.8) is 0 Å². The first-order chi connectivity index (χ1) is 7.13. The number of ether oxygens (including phenoxy) is 1. The lowest BCUT2D eigenvalue weighted by atomic mass is 10.3. The van der Waals surface area contributed by atoms with Gasteiger partial charge in [0.15, 0.2) is 0 Å². The summed E-state index contributed by atoms with van der Waals surface area (Å²) in [6.45, 7) is 0.461. The van der Waals surface area contributed by atoms with Gasteiger partial charge < -0.3 is 15.8 Å². The van der Waals surface area contributed by atoms with Gasteiger partial charge in [0.25, 0.3) is 0 Å². The van der Waals surface area contributed by atoms with Crippen LogP contribution in [-0.4, -0.2) is 19.6 Å². The number of hydrogen-bond acceptors (Lipinski definition) is 3. The van der Waals surface area contributed by atoms with Gasteiger partial charge in [-0.05, 0) is 12.1 Å². The Balaban J connectivity index is 2.62. The lowest BCUT2D eigenvalue weighted by molar-refractivity contribution is -0.117. The predicted molar refractivity (Wildman–Crippen MR) is 60.3 cm³/mol. The molecule has 0 aliphatic rings. The van der Waals surface area contributed by atoms with E-state index in [4.69, 9.17) is 22.1 Å². The van der Waals surface area contributed by atoms with E-state index in [0.29, 0.717) is 17.3 Å². The second-order valence-electron chi connectivity index (χ2n) is 2.99. The molecule has 3 N–H and O–H groups in total. The number of methoxy groups -OCH3 is 1. The van der Waals surface area contributed by atoms with Gasteiger partial charge in [-0.25, -0.2) is 0 Å². The first-order valence-electron chi connectivity index (χ1n) is 4.49. The first-order valence-corrected chi connectivity index (χ1v) is 4.87. The highest BCUT2D eigenvalue weighted by Crippen LogP contribution is 2.26. The summed E-state index contributed by atoms with van der Waals surface area (Å²) in [6, 6.07) is 5.26. The molecule has 0 aromatic heterocycles. The summed E-state index contributed by atoms with van der Waals surface area (Å²) in [5, 5.41) is 3.59. The third-order valence-corrected chi connectivity index (χ3v) is 2.19. The minimum Gasteiger partial charge on any atom is -0.497 e. The average molecular weight is 229 g/mol. The molecule has 1 aromatic rings. The van der Waals surface area contributed by atoms with E-state index in [1.165, 1.54) is 0 Å². The number of halogens is 1. The van der Waals surface area contributed by atoms with Crippen LogP contribution in [0.4, 0.5) is 5.69 Å². The quantitative estimate of drug-likeness (QED) is 0.805. The van der Waals surface area contributed by atoms with E-state index < -0.39 is 0 Å². The number of nitrogens with two attached hydrogens (primary N) is 1. The Bertz CT molecular complexity index is 355. The van der Waals surface area contributed by atoms with Crippen LogP contribution in [0.1, 0.15) is 6.42 Å². The second-order valence-corrected chi connectivity index (χ2v) is 3.40. The summed E-state index contributed by atoms with van der Waals surface area (Å²) in [5.74, 6) is 0.363. The van der Waals surface area contributed by atoms with Gasteiger partial charge in [-0.3, -0.25) is 4.79 Å². The Labute approximate surface area is 93.4 Å². The van der Waals surface area contributed by atoms with Crippen LogP contribution in [0.3, 0.4) is 0 Å². The van der Waals surface area contributed by atoms with E-state index in [1.807, 2.05) is 0 Å². The molecule has 5 heteroatoms. The molecule has 1 rings (SSSR count). The maximum Gasteiger partial charge on any atom is 0.219 e. The zero-order valence-corrected chi connectivity index (χ0v) is 9.17. The Morgan fingerprint density at radius 1 is 1.60 bits per heavy atom. The summed E-state index contributed by atoms with van der Waals surface area (Å²) in [5.41, 5.74) is 5.75. The molecule has 0 heterocycles. The van der Waals surface area contributed by atoms with E-state index in [1.54, 1.807) is 25.3 Å². The molecule has 15 heavy (non-hydrogen) atoms. The minimum atomic E-state index is -0.346.